The first-order valence-corrected chi connectivity index (χ1v) is 8.91. The zero-order valence-corrected chi connectivity index (χ0v) is 14.0. The van der Waals surface area contributed by atoms with Crippen molar-refractivity contribution >= 4 is 23.3 Å². The Hall–Kier alpha value is -1.56. The van der Waals surface area contributed by atoms with E-state index in [0.29, 0.717) is 26.2 Å². The molecule has 0 aliphatic heterocycles. The first-order chi connectivity index (χ1) is 10.7. The Kier molecular flexibility index (Phi) is 6.71. The van der Waals surface area contributed by atoms with Crippen LogP contribution in [0.1, 0.15) is 37.5 Å². The highest BCUT2D eigenvalue weighted by atomic mass is 32.1. The van der Waals surface area contributed by atoms with Gasteiger partial charge < -0.3 is 15.5 Å². The highest BCUT2D eigenvalue weighted by molar-refractivity contribution is 7.09. The number of carbonyl (C=O) groups is 2. The fraction of sp³-hybridized carbons (Fsp3) is 0.625. The summed E-state index contributed by atoms with van der Waals surface area (Å²) in [6.07, 6.45) is 4.32. The fourth-order valence-corrected chi connectivity index (χ4v) is 3.44. The molecule has 6 heteroatoms. The Labute approximate surface area is 136 Å². The molecule has 1 heterocycles. The second-order valence-corrected chi connectivity index (χ2v) is 6.63. The van der Waals surface area contributed by atoms with Crippen LogP contribution >= 0.6 is 11.3 Å². The summed E-state index contributed by atoms with van der Waals surface area (Å²) >= 11 is 1.65. The Morgan fingerprint density at radius 2 is 2.00 bits per heavy atom. The molecule has 0 unspecified atom stereocenters. The van der Waals surface area contributed by atoms with Gasteiger partial charge >= 0.3 is 6.03 Å². The first-order valence-electron chi connectivity index (χ1n) is 8.03. The number of hydrogen-bond donors (Lipinski definition) is 2. The zero-order chi connectivity index (χ0) is 15.8. The summed E-state index contributed by atoms with van der Waals surface area (Å²) in [6.45, 7) is 4.23. The van der Waals surface area contributed by atoms with Crippen molar-refractivity contribution in [3.63, 3.8) is 0 Å². The Morgan fingerprint density at radius 1 is 1.27 bits per heavy atom. The van der Waals surface area contributed by atoms with Crippen molar-refractivity contribution in [2.24, 2.45) is 5.92 Å². The van der Waals surface area contributed by atoms with Gasteiger partial charge in [-0.15, -0.1) is 11.3 Å². The number of amides is 3. The highest BCUT2D eigenvalue weighted by Gasteiger charge is 2.22. The van der Waals surface area contributed by atoms with Crippen LogP contribution in [0.3, 0.4) is 0 Å². The molecule has 1 aliphatic carbocycles. The average Bonchev–Trinajstić information content (AvgIpc) is 3.21. The number of hydrogen-bond acceptors (Lipinski definition) is 3. The van der Waals surface area contributed by atoms with E-state index in [1.165, 1.54) is 4.88 Å². The standard InChI is InChI=1S/C16H25N3O2S/c1-2-19(12-14-8-5-11-22-14)16(21)18-10-9-17-15(20)13-6-3-4-7-13/h5,8,11,13H,2-4,6-7,9-10,12H2,1H3,(H,17,20)(H,18,21). The van der Waals surface area contributed by atoms with Crippen molar-refractivity contribution in [3.05, 3.63) is 22.4 Å². The molecule has 5 nitrogen and oxygen atoms in total. The number of rotatable bonds is 7. The molecule has 1 aliphatic rings. The van der Waals surface area contributed by atoms with Crippen molar-refractivity contribution in [2.75, 3.05) is 19.6 Å². The summed E-state index contributed by atoms with van der Waals surface area (Å²) in [6, 6.07) is 3.94. The lowest BCUT2D eigenvalue weighted by atomic mass is 10.1. The zero-order valence-electron chi connectivity index (χ0n) is 13.1. The SMILES string of the molecule is CCN(Cc1cccs1)C(=O)NCCNC(=O)C1CCCC1. The summed E-state index contributed by atoms with van der Waals surface area (Å²) in [7, 11) is 0. The van der Waals surface area contributed by atoms with E-state index in [1.807, 2.05) is 24.4 Å². The van der Waals surface area contributed by atoms with Crippen LogP contribution in [-0.4, -0.2) is 36.5 Å². The molecule has 1 saturated carbocycles. The molecule has 0 spiro atoms. The summed E-state index contributed by atoms with van der Waals surface area (Å²) in [5.74, 6) is 0.319. The molecule has 3 amide bonds. The minimum Gasteiger partial charge on any atom is -0.354 e. The molecule has 122 valence electrons. The van der Waals surface area contributed by atoms with Crippen LogP contribution in [0.15, 0.2) is 17.5 Å². The van der Waals surface area contributed by atoms with E-state index < -0.39 is 0 Å². The quantitative estimate of drug-likeness (QED) is 0.758. The average molecular weight is 323 g/mol. The van der Waals surface area contributed by atoms with Crippen LogP contribution in [0.5, 0.6) is 0 Å². The van der Waals surface area contributed by atoms with E-state index in [4.69, 9.17) is 0 Å². The summed E-state index contributed by atoms with van der Waals surface area (Å²) < 4.78 is 0. The molecular formula is C16H25N3O2S. The maximum atomic E-state index is 12.1. The Morgan fingerprint density at radius 3 is 2.64 bits per heavy atom. The number of carbonyl (C=O) groups excluding carboxylic acids is 2. The highest BCUT2D eigenvalue weighted by Crippen LogP contribution is 2.24. The predicted molar refractivity (Wildman–Crippen MR) is 88.8 cm³/mol. The second-order valence-electron chi connectivity index (χ2n) is 5.60. The third-order valence-electron chi connectivity index (χ3n) is 4.02. The van der Waals surface area contributed by atoms with Gasteiger partial charge in [-0.25, -0.2) is 4.79 Å². The maximum Gasteiger partial charge on any atom is 0.317 e. The molecule has 1 aromatic heterocycles. The fourth-order valence-electron chi connectivity index (χ4n) is 2.72. The largest absolute Gasteiger partial charge is 0.354 e. The first kappa shape index (κ1) is 16.8. The number of thiophene rings is 1. The second kappa shape index (κ2) is 8.78. The molecule has 0 aromatic carbocycles. The number of urea groups is 1. The van der Waals surface area contributed by atoms with Crippen LogP contribution < -0.4 is 10.6 Å². The lowest BCUT2D eigenvalue weighted by molar-refractivity contribution is -0.124. The lowest BCUT2D eigenvalue weighted by Gasteiger charge is -2.21. The molecule has 22 heavy (non-hydrogen) atoms. The van der Waals surface area contributed by atoms with Gasteiger partial charge in [0.25, 0.3) is 0 Å². The van der Waals surface area contributed by atoms with E-state index >= 15 is 0 Å². The van der Waals surface area contributed by atoms with E-state index in [0.717, 1.165) is 25.7 Å². The molecule has 1 fully saturated rings. The van der Waals surface area contributed by atoms with Gasteiger partial charge in [0, 0.05) is 30.4 Å². The van der Waals surface area contributed by atoms with Gasteiger partial charge in [-0.3, -0.25) is 4.79 Å². The molecule has 1 aromatic rings. The van der Waals surface area contributed by atoms with Crippen molar-refractivity contribution in [1.82, 2.24) is 15.5 Å². The molecule has 2 N–H and O–H groups in total. The smallest absolute Gasteiger partial charge is 0.317 e. The van der Waals surface area contributed by atoms with E-state index in [-0.39, 0.29) is 17.9 Å². The van der Waals surface area contributed by atoms with Crippen molar-refractivity contribution in [1.29, 1.82) is 0 Å². The van der Waals surface area contributed by atoms with E-state index in [1.54, 1.807) is 16.2 Å². The molecular weight excluding hydrogens is 298 g/mol. The third kappa shape index (κ3) is 5.02. The van der Waals surface area contributed by atoms with Gasteiger partial charge in [-0.2, -0.15) is 0 Å². The summed E-state index contributed by atoms with van der Waals surface area (Å²) in [4.78, 5) is 26.9. The van der Waals surface area contributed by atoms with Gasteiger partial charge in [0.2, 0.25) is 5.91 Å². The van der Waals surface area contributed by atoms with E-state index in [2.05, 4.69) is 10.6 Å². The van der Waals surface area contributed by atoms with Crippen molar-refractivity contribution in [2.45, 2.75) is 39.2 Å². The van der Waals surface area contributed by atoms with Crippen LogP contribution in [0.2, 0.25) is 0 Å². The topological polar surface area (TPSA) is 61.4 Å². The molecule has 0 saturated heterocycles. The van der Waals surface area contributed by atoms with E-state index in [9.17, 15) is 9.59 Å². The van der Waals surface area contributed by atoms with Gasteiger partial charge in [-0.1, -0.05) is 18.9 Å². The maximum absolute atomic E-state index is 12.1. The van der Waals surface area contributed by atoms with Crippen molar-refractivity contribution < 1.29 is 9.59 Å². The third-order valence-corrected chi connectivity index (χ3v) is 4.88. The van der Waals surface area contributed by atoms with Gasteiger partial charge in [0.15, 0.2) is 0 Å². The van der Waals surface area contributed by atoms with Crippen LogP contribution in [0.4, 0.5) is 4.79 Å². The summed E-state index contributed by atoms with van der Waals surface area (Å²) in [5.41, 5.74) is 0. The van der Waals surface area contributed by atoms with Gasteiger partial charge in [0.05, 0.1) is 6.54 Å². The minimum atomic E-state index is -0.0778. The molecule has 2 rings (SSSR count). The van der Waals surface area contributed by atoms with Crippen LogP contribution in [0, 0.1) is 5.92 Å². The van der Waals surface area contributed by atoms with Gasteiger partial charge in [0.1, 0.15) is 0 Å². The lowest BCUT2D eigenvalue weighted by Crippen LogP contribution is -2.43. The Bertz CT molecular complexity index is 470. The monoisotopic (exact) mass is 323 g/mol. The Balaban J connectivity index is 1.64. The predicted octanol–water partition coefficient (Wildman–Crippen LogP) is 2.59. The molecule has 0 bridgehead atoms. The number of nitrogens with one attached hydrogen (secondary N) is 2. The van der Waals surface area contributed by atoms with Crippen molar-refractivity contribution in [3.8, 4) is 0 Å². The summed E-state index contributed by atoms with van der Waals surface area (Å²) in [5, 5.41) is 7.79. The van der Waals surface area contributed by atoms with Gasteiger partial charge in [-0.05, 0) is 31.2 Å². The normalized spacial score (nSPS) is 14.8. The molecule has 0 atom stereocenters. The minimum absolute atomic E-state index is 0.0778. The number of nitrogens with zero attached hydrogens (tertiary/aromatic N) is 1. The van der Waals surface area contributed by atoms with Crippen LogP contribution in [0.25, 0.3) is 0 Å². The molecule has 0 radical (unpaired) electrons. The van der Waals surface area contributed by atoms with Crippen LogP contribution in [-0.2, 0) is 11.3 Å².